The lowest BCUT2D eigenvalue weighted by molar-refractivity contribution is 0.414. The minimum absolute atomic E-state index is 0.258. The van der Waals surface area contributed by atoms with Gasteiger partial charge in [-0.1, -0.05) is 11.8 Å². The second kappa shape index (κ2) is 8.41. The summed E-state index contributed by atoms with van der Waals surface area (Å²) in [6.45, 7) is 0.499. The molecule has 1 saturated heterocycles. The summed E-state index contributed by atoms with van der Waals surface area (Å²) in [5.41, 5.74) is 6.67. The van der Waals surface area contributed by atoms with Crippen LogP contribution in [0.15, 0.2) is 29.4 Å². The van der Waals surface area contributed by atoms with Crippen LogP contribution in [0.5, 0.6) is 5.75 Å². The molecule has 1 unspecified atom stereocenters. The number of rotatable bonds is 8. The van der Waals surface area contributed by atoms with Crippen molar-refractivity contribution in [1.82, 2.24) is 14.8 Å². The minimum Gasteiger partial charge on any atom is -0.497 e. The second-order valence-corrected chi connectivity index (χ2v) is 9.67. The summed E-state index contributed by atoms with van der Waals surface area (Å²) in [6.07, 6.45) is 2.28. The summed E-state index contributed by atoms with van der Waals surface area (Å²) in [4.78, 5) is 0. The normalized spacial score (nSPS) is 18.9. The van der Waals surface area contributed by atoms with Gasteiger partial charge in [-0.3, -0.25) is 4.57 Å². The third-order valence-electron chi connectivity index (χ3n) is 4.48. The zero-order chi connectivity index (χ0) is 18.6. The van der Waals surface area contributed by atoms with Crippen molar-refractivity contribution in [2.24, 2.45) is 11.7 Å². The van der Waals surface area contributed by atoms with E-state index in [1.165, 1.54) is 0 Å². The van der Waals surface area contributed by atoms with Crippen molar-refractivity contribution >= 4 is 21.6 Å². The Morgan fingerprint density at radius 1 is 1.31 bits per heavy atom. The Morgan fingerprint density at radius 3 is 2.69 bits per heavy atom. The Labute approximate surface area is 158 Å². The summed E-state index contributed by atoms with van der Waals surface area (Å²) in [5.74, 6) is 3.33. The number of hydrogen-bond donors (Lipinski definition) is 1. The van der Waals surface area contributed by atoms with E-state index in [0.717, 1.165) is 41.0 Å². The highest BCUT2D eigenvalue weighted by atomic mass is 32.2. The first-order valence-electron chi connectivity index (χ1n) is 8.64. The average molecular weight is 397 g/mol. The molecule has 7 nitrogen and oxygen atoms in total. The first-order chi connectivity index (χ1) is 12.5. The lowest BCUT2D eigenvalue weighted by atomic mass is 10.1. The molecule has 3 rings (SSSR count). The molecule has 2 heterocycles. The molecule has 9 heteroatoms. The van der Waals surface area contributed by atoms with Gasteiger partial charge in [0.15, 0.2) is 15.0 Å². The molecule has 0 radical (unpaired) electrons. The lowest BCUT2D eigenvalue weighted by Crippen LogP contribution is -2.10. The molecule has 0 amide bonds. The van der Waals surface area contributed by atoms with Gasteiger partial charge in [-0.25, -0.2) is 8.42 Å². The molecule has 1 aliphatic heterocycles. The smallest absolute Gasteiger partial charge is 0.195 e. The van der Waals surface area contributed by atoms with Crippen molar-refractivity contribution < 1.29 is 13.2 Å². The zero-order valence-electron chi connectivity index (χ0n) is 14.8. The summed E-state index contributed by atoms with van der Waals surface area (Å²) in [5, 5.41) is 9.41. The van der Waals surface area contributed by atoms with Gasteiger partial charge in [0.1, 0.15) is 11.6 Å². The van der Waals surface area contributed by atoms with E-state index >= 15 is 0 Å². The van der Waals surface area contributed by atoms with E-state index in [-0.39, 0.29) is 5.92 Å². The van der Waals surface area contributed by atoms with Gasteiger partial charge in [0.05, 0.1) is 18.6 Å². The maximum absolute atomic E-state index is 11.6. The van der Waals surface area contributed by atoms with Gasteiger partial charge >= 0.3 is 0 Å². The highest BCUT2D eigenvalue weighted by molar-refractivity contribution is 7.99. The SMILES string of the molecule is COc1ccc(-n2c(CCN)nnc2SCCC2CCS(=O)(=O)C2)cc1. The van der Waals surface area contributed by atoms with Crippen LogP contribution in [0.3, 0.4) is 0 Å². The van der Waals surface area contributed by atoms with Crippen molar-refractivity contribution in [3.8, 4) is 11.4 Å². The number of methoxy groups -OCH3 is 1. The molecule has 1 fully saturated rings. The van der Waals surface area contributed by atoms with Gasteiger partial charge in [-0.05, 0) is 49.6 Å². The molecule has 0 bridgehead atoms. The van der Waals surface area contributed by atoms with E-state index in [4.69, 9.17) is 10.5 Å². The number of ether oxygens (including phenoxy) is 1. The first-order valence-corrected chi connectivity index (χ1v) is 11.4. The maximum atomic E-state index is 11.6. The van der Waals surface area contributed by atoms with Crippen LogP contribution in [0.25, 0.3) is 5.69 Å². The van der Waals surface area contributed by atoms with Crippen molar-refractivity contribution in [2.45, 2.75) is 24.4 Å². The Morgan fingerprint density at radius 2 is 2.08 bits per heavy atom. The summed E-state index contributed by atoms with van der Waals surface area (Å²) >= 11 is 1.61. The molecule has 1 aromatic carbocycles. The van der Waals surface area contributed by atoms with Crippen molar-refractivity contribution in [3.05, 3.63) is 30.1 Å². The number of sulfone groups is 1. The largest absolute Gasteiger partial charge is 0.497 e. The van der Waals surface area contributed by atoms with Crippen molar-refractivity contribution in [3.63, 3.8) is 0 Å². The molecule has 2 N–H and O–H groups in total. The van der Waals surface area contributed by atoms with Crippen molar-refractivity contribution in [2.75, 3.05) is 30.9 Å². The highest BCUT2D eigenvalue weighted by Gasteiger charge is 2.27. The number of benzene rings is 1. The molecule has 26 heavy (non-hydrogen) atoms. The van der Waals surface area contributed by atoms with Crippen LogP contribution in [0.1, 0.15) is 18.7 Å². The molecule has 142 valence electrons. The highest BCUT2D eigenvalue weighted by Crippen LogP contribution is 2.28. The summed E-state index contributed by atoms with van der Waals surface area (Å²) < 4.78 is 30.4. The number of hydrogen-bond acceptors (Lipinski definition) is 7. The fraction of sp³-hybridized carbons (Fsp3) is 0.529. The molecule has 1 atom stereocenters. The average Bonchev–Trinajstić information content (AvgIpc) is 3.18. The summed E-state index contributed by atoms with van der Waals surface area (Å²) in [7, 11) is -1.18. The van der Waals surface area contributed by atoms with Gasteiger partial charge in [-0.2, -0.15) is 0 Å². The Bertz CT molecular complexity index is 834. The van der Waals surface area contributed by atoms with Gasteiger partial charge in [0.25, 0.3) is 0 Å². The maximum Gasteiger partial charge on any atom is 0.195 e. The van der Waals surface area contributed by atoms with Crippen LogP contribution in [0, 0.1) is 5.92 Å². The van der Waals surface area contributed by atoms with E-state index in [2.05, 4.69) is 10.2 Å². The first kappa shape index (κ1) is 19.2. The number of thioether (sulfide) groups is 1. The molecule has 2 aromatic rings. The van der Waals surface area contributed by atoms with Gasteiger partial charge in [0, 0.05) is 17.9 Å². The molecular weight excluding hydrogens is 372 g/mol. The molecule has 1 aliphatic rings. The predicted octanol–water partition coefficient (Wildman–Crippen LogP) is 1.69. The Balaban J connectivity index is 1.72. The van der Waals surface area contributed by atoms with E-state index in [1.807, 2.05) is 28.8 Å². The number of nitrogens with zero attached hydrogens (tertiary/aromatic N) is 3. The quantitative estimate of drug-likeness (QED) is 0.678. The molecular formula is C17H24N4O3S2. The van der Waals surface area contributed by atoms with Crippen LogP contribution in [-0.4, -0.2) is 54.1 Å². The van der Waals surface area contributed by atoms with Gasteiger partial charge < -0.3 is 10.5 Å². The van der Waals surface area contributed by atoms with Crippen molar-refractivity contribution in [1.29, 1.82) is 0 Å². The van der Waals surface area contributed by atoms with Crippen LogP contribution in [-0.2, 0) is 16.3 Å². The Hall–Kier alpha value is -1.58. The predicted molar refractivity (Wildman–Crippen MR) is 103 cm³/mol. The zero-order valence-corrected chi connectivity index (χ0v) is 16.4. The third kappa shape index (κ3) is 4.57. The van der Waals surface area contributed by atoms with E-state index in [0.29, 0.717) is 24.5 Å². The monoisotopic (exact) mass is 396 g/mol. The molecule has 0 aliphatic carbocycles. The van der Waals surface area contributed by atoms with Crippen LogP contribution in [0.4, 0.5) is 0 Å². The fourth-order valence-corrected chi connectivity index (χ4v) is 6.07. The standard InChI is InChI=1S/C17H24N4O3S2/c1-24-15-4-2-14(3-5-15)21-16(6-9-18)19-20-17(21)25-10-7-13-8-11-26(22,23)12-13/h2-5,13H,6-12,18H2,1H3. The number of nitrogens with two attached hydrogens (primary N) is 1. The van der Waals surface area contributed by atoms with Gasteiger partial charge in [-0.15, -0.1) is 10.2 Å². The fourth-order valence-electron chi connectivity index (χ4n) is 3.09. The molecule has 0 spiro atoms. The number of aromatic nitrogens is 3. The third-order valence-corrected chi connectivity index (χ3v) is 7.28. The molecule has 1 aromatic heterocycles. The van der Waals surface area contributed by atoms with Crippen LogP contribution < -0.4 is 10.5 Å². The van der Waals surface area contributed by atoms with Crippen LogP contribution >= 0.6 is 11.8 Å². The minimum atomic E-state index is -2.82. The Kier molecular flexibility index (Phi) is 6.20. The lowest BCUT2D eigenvalue weighted by Gasteiger charge is -2.11. The van der Waals surface area contributed by atoms with Gasteiger partial charge in [0.2, 0.25) is 0 Å². The topological polar surface area (TPSA) is 100 Å². The van der Waals surface area contributed by atoms with E-state index in [1.54, 1.807) is 18.9 Å². The van der Waals surface area contributed by atoms with E-state index < -0.39 is 9.84 Å². The molecule has 0 saturated carbocycles. The van der Waals surface area contributed by atoms with E-state index in [9.17, 15) is 8.42 Å². The second-order valence-electron chi connectivity index (χ2n) is 6.38. The van der Waals surface area contributed by atoms with Crippen LogP contribution in [0.2, 0.25) is 0 Å². The summed E-state index contributed by atoms with van der Waals surface area (Å²) in [6, 6.07) is 7.74.